The highest BCUT2D eigenvalue weighted by Crippen LogP contribution is 2.34. The Morgan fingerprint density at radius 3 is 2.50 bits per heavy atom. The lowest BCUT2D eigenvalue weighted by Gasteiger charge is -2.13. The van der Waals surface area contributed by atoms with Crippen molar-refractivity contribution < 1.29 is 8.42 Å². The van der Waals surface area contributed by atoms with Gasteiger partial charge in [-0.25, -0.2) is 8.42 Å². The normalized spacial score (nSPS) is 11.2. The summed E-state index contributed by atoms with van der Waals surface area (Å²) in [5.74, 6) is 0. The fraction of sp³-hybridized carbons (Fsp3) is 0. The van der Waals surface area contributed by atoms with E-state index < -0.39 is 10.0 Å². The number of nitriles is 1. The minimum absolute atomic E-state index is 0.0112. The molecule has 0 saturated carbocycles. The molecule has 0 unspecified atom stereocenters. The van der Waals surface area contributed by atoms with Crippen LogP contribution in [0.1, 0.15) is 5.56 Å². The summed E-state index contributed by atoms with van der Waals surface area (Å²) in [5.41, 5.74) is 1.60. The molecule has 1 aromatic heterocycles. The second-order valence-electron chi connectivity index (χ2n) is 6.43. The van der Waals surface area contributed by atoms with Gasteiger partial charge in [-0.1, -0.05) is 47.5 Å². The van der Waals surface area contributed by atoms with Gasteiger partial charge in [0.1, 0.15) is 0 Å². The molecule has 30 heavy (non-hydrogen) atoms. The van der Waals surface area contributed by atoms with Crippen LogP contribution in [0, 0.1) is 11.3 Å². The third kappa shape index (κ3) is 3.83. The van der Waals surface area contributed by atoms with Gasteiger partial charge in [0.15, 0.2) is 0 Å². The van der Waals surface area contributed by atoms with Crippen LogP contribution in [-0.2, 0) is 10.0 Å². The Morgan fingerprint density at radius 1 is 0.933 bits per heavy atom. The molecule has 0 fully saturated rings. The number of anilines is 1. The second-order valence-corrected chi connectivity index (χ2v) is 8.93. The first kappa shape index (κ1) is 20.2. The van der Waals surface area contributed by atoms with Crippen LogP contribution in [-0.4, -0.2) is 13.4 Å². The quantitative estimate of drug-likeness (QED) is 0.417. The van der Waals surface area contributed by atoms with Crippen LogP contribution >= 0.6 is 23.2 Å². The molecule has 0 bridgehead atoms. The van der Waals surface area contributed by atoms with E-state index in [9.17, 15) is 8.42 Å². The third-order valence-corrected chi connectivity index (χ3v) is 6.52. The van der Waals surface area contributed by atoms with Crippen LogP contribution in [0.2, 0.25) is 10.0 Å². The molecule has 0 aliphatic heterocycles. The fourth-order valence-corrected chi connectivity index (χ4v) is 4.65. The number of hydrogen-bond donors (Lipinski definition) is 1. The number of benzene rings is 3. The summed E-state index contributed by atoms with van der Waals surface area (Å²) in [6.07, 6.45) is 1.66. The molecule has 4 aromatic rings. The topological polar surface area (TPSA) is 82.9 Å². The van der Waals surface area contributed by atoms with Crippen molar-refractivity contribution in [2.75, 3.05) is 4.72 Å². The van der Waals surface area contributed by atoms with Crippen LogP contribution in [0.25, 0.3) is 22.0 Å². The molecule has 4 rings (SSSR count). The summed E-state index contributed by atoms with van der Waals surface area (Å²) < 4.78 is 28.4. The van der Waals surface area contributed by atoms with Crippen molar-refractivity contribution in [3.05, 3.63) is 88.5 Å². The molecular weight excluding hydrogens is 441 g/mol. The molecule has 8 heteroatoms. The molecule has 0 spiro atoms. The molecule has 148 valence electrons. The van der Waals surface area contributed by atoms with Crippen LogP contribution in [0.4, 0.5) is 5.69 Å². The van der Waals surface area contributed by atoms with E-state index in [0.717, 1.165) is 10.8 Å². The first-order valence-electron chi connectivity index (χ1n) is 8.75. The van der Waals surface area contributed by atoms with E-state index in [2.05, 4.69) is 9.71 Å². The first-order valence-corrected chi connectivity index (χ1v) is 11.0. The van der Waals surface area contributed by atoms with Crippen LogP contribution in [0.5, 0.6) is 0 Å². The van der Waals surface area contributed by atoms with Gasteiger partial charge in [-0.15, -0.1) is 0 Å². The zero-order valence-electron chi connectivity index (χ0n) is 15.3. The molecule has 0 radical (unpaired) electrons. The summed E-state index contributed by atoms with van der Waals surface area (Å²) in [4.78, 5) is 4.44. The average Bonchev–Trinajstić information content (AvgIpc) is 2.75. The van der Waals surface area contributed by atoms with Crippen LogP contribution in [0.15, 0.2) is 77.8 Å². The molecule has 5 nitrogen and oxygen atoms in total. The first-order chi connectivity index (χ1) is 14.4. The van der Waals surface area contributed by atoms with Gasteiger partial charge >= 0.3 is 0 Å². The SMILES string of the molecule is N#Cc1ccc(NS(=O)(=O)c2ccc(Cl)c(-c3nccc4ccccc34)c2)c(Cl)c1. The number of rotatable bonds is 4. The summed E-state index contributed by atoms with van der Waals surface area (Å²) in [5, 5.41) is 11.3. The van der Waals surface area contributed by atoms with Crippen molar-refractivity contribution in [2.24, 2.45) is 0 Å². The Morgan fingerprint density at radius 2 is 1.73 bits per heavy atom. The van der Waals surface area contributed by atoms with E-state index in [1.807, 2.05) is 36.4 Å². The van der Waals surface area contributed by atoms with Crippen molar-refractivity contribution in [2.45, 2.75) is 4.90 Å². The summed E-state index contributed by atoms with van der Waals surface area (Å²) in [7, 11) is -3.96. The maximum absolute atomic E-state index is 13.0. The summed E-state index contributed by atoms with van der Waals surface area (Å²) in [6.45, 7) is 0. The number of hydrogen-bond acceptors (Lipinski definition) is 4. The number of pyridine rings is 1. The number of aromatic nitrogens is 1. The Bertz CT molecular complexity index is 1430. The number of fused-ring (bicyclic) bond motifs is 1. The highest BCUT2D eigenvalue weighted by atomic mass is 35.5. The molecule has 1 N–H and O–H groups in total. The van der Waals surface area contributed by atoms with Gasteiger partial charge < -0.3 is 0 Å². The smallest absolute Gasteiger partial charge is 0.261 e. The van der Waals surface area contributed by atoms with Crippen LogP contribution < -0.4 is 4.72 Å². The molecule has 0 saturated heterocycles. The molecule has 0 atom stereocenters. The Balaban J connectivity index is 1.79. The van der Waals surface area contributed by atoms with Crippen molar-refractivity contribution in [1.82, 2.24) is 4.98 Å². The number of sulfonamides is 1. The van der Waals surface area contributed by atoms with Gasteiger partial charge in [-0.3, -0.25) is 9.71 Å². The molecular formula is C22H13Cl2N3O2S. The van der Waals surface area contributed by atoms with Gasteiger partial charge in [0.05, 0.1) is 38.0 Å². The maximum Gasteiger partial charge on any atom is 0.261 e. The molecule has 1 heterocycles. The molecule has 0 amide bonds. The van der Waals surface area contributed by atoms with Gasteiger partial charge in [-0.05, 0) is 47.9 Å². The zero-order chi connectivity index (χ0) is 21.3. The van der Waals surface area contributed by atoms with Crippen molar-refractivity contribution in [1.29, 1.82) is 5.26 Å². The van der Waals surface area contributed by atoms with E-state index in [4.69, 9.17) is 28.5 Å². The Kier molecular flexibility index (Phi) is 5.35. The van der Waals surface area contributed by atoms with Gasteiger partial charge in [-0.2, -0.15) is 5.26 Å². The molecule has 0 aliphatic carbocycles. The van der Waals surface area contributed by atoms with E-state index in [0.29, 0.717) is 21.8 Å². The summed E-state index contributed by atoms with van der Waals surface area (Å²) >= 11 is 12.5. The predicted octanol–water partition coefficient (Wildman–Crippen LogP) is 5.88. The number of nitrogens with one attached hydrogen (secondary N) is 1. The number of halogens is 2. The van der Waals surface area contributed by atoms with Crippen molar-refractivity contribution >= 4 is 49.7 Å². The molecule has 3 aromatic carbocycles. The van der Waals surface area contributed by atoms with E-state index >= 15 is 0 Å². The molecule has 0 aliphatic rings. The Hall–Kier alpha value is -3.11. The average molecular weight is 454 g/mol. The highest BCUT2D eigenvalue weighted by Gasteiger charge is 2.19. The fourth-order valence-electron chi connectivity index (χ4n) is 3.06. The lowest BCUT2D eigenvalue weighted by molar-refractivity contribution is 0.601. The lowest BCUT2D eigenvalue weighted by atomic mass is 10.0. The van der Waals surface area contributed by atoms with Gasteiger partial charge in [0.25, 0.3) is 10.0 Å². The minimum Gasteiger partial charge on any atom is -0.278 e. The Labute approximate surface area is 183 Å². The number of nitrogens with zero attached hydrogens (tertiary/aromatic N) is 2. The van der Waals surface area contributed by atoms with E-state index in [-0.39, 0.29) is 15.6 Å². The second kappa shape index (κ2) is 7.96. The third-order valence-electron chi connectivity index (χ3n) is 4.52. The van der Waals surface area contributed by atoms with Gasteiger partial charge in [0.2, 0.25) is 0 Å². The lowest BCUT2D eigenvalue weighted by Crippen LogP contribution is -2.13. The largest absolute Gasteiger partial charge is 0.278 e. The van der Waals surface area contributed by atoms with Gasteiger partial charge in [0, 0.05) is 17.1 Å². The highest BCUT2D eigenvalue weighted by molar-refractivity contribution is 7.92. The predicted molar refractivity (Wildman–Crippen MR) is 119 cm³/mol. The van der Waals surface area contributed by atoms with Crippen molar-refractivity contribution in [3.8, 4) is 17.3 Å². The van der Waals surface area contributed by atoms with E-state index in [1.54, 1.807) is 6.20 Å². The maximum atomic E-state index is 13.0. The minimum atomic E-state index is -3.96. The van der Waals surface area contributed by atoms with Crippen LogP contribution in [0.3, 0.4) is 0 Å². The van der Waals surface area contributed by atoms with Crippen molar-refractivity contribution in [3.63, 3.8) is 0 Å². The van der Waals surface area contributed by atoms with E-state index in [1.165, 1.54) is 36.4 Å². The zero-order valence-corrected chi connectivity index (χ0v) is 17.6. The summed E-state index contributed by atoms with van der Waals surface area (Å²) in [6, 6.07) is 20.2. The standard InChI is InChI=1S/C22H13Cl2N3O2S/c23-19-7-6-16(30(28,29)27-21-8-5-14(13-25)11-20(21)24)12-18(19)22-17-4-2-1-3-15(17)9-10-26-22/h1-12,27H. The monoisotopic (exact) mass is 453 g/mol.